The predicted molar refractivity (Wildman–Crippen MR) is 102 cm³/mol. The van der Waals surface area contributed by atoms with Gasteiger partial charge in [0.1, 0.15) is 23.1 Å². The van der Waals surface area contributed by atoms with Crippen molar-refractivity contribution in [1.29, 1.82) is 5.26 Å². The van der Waals surface area contributed by atoms with E-state index in [1.54, 1.807) is 4.68 Å². The molecule has 0 saturated carbocycles. The highest BCUT2D eigenvalue weighted by Gasteiger charge is 2.30. The first-order valence-electron chi connectivity index (χ1n) is 9.16. The maximum absolute atomic E-state index is 12.8. The van der Waals surface area contributed by atoms with Crippen molar-refractivity contribution < 1.29 is 9.32 Å². The number of carbonyl (C=O) groups excluding carboxylic acids is 1. The molecule has 1 saturated heterocycles. The van der Waals surface area contributed by atoms with Crippen LogP contribution in [-0.4, -0.2) is 38.8 Å². The third kappa shape index (κ3) is 3.52. The molecule has 8 heteroatoms. The van der Waals surface area contributed by atoms with E-state index in [-0.39, 0.29) is 18.5 Å². The number of nitriles is 1. The number of benzene rings is 1. The van der Waals surface area contributed by atoms with Gasteiger partial charge in [0, 0.05) is 6.07 Å². The lowest BCUT2D eigenvalue weighted by Crippen LogP contribution is -2.33. The van der Waals surface area contributed by atoms with Crippen LogP contribution >= 0.6 is 0 Å². The summed E-state index contributed by atoms with van der Waals surface area (Å²) in [5, 5.41) is 20.6. The Morgan fingerprint density at radius 2 is 2.21 bits per heavy atom. The van der Waals surface area contributed by atoms with Crippen LogP contribution in [0.3, 0.4) is 0 Å². The second kappa shape index (κ2) is 7.66. The first kappa shape index (κ1) is 17.9. The molecule has 8 nitrogen and oxygen atoms in total. The molecule has 0 unspecified atom stereocenters. The fourth-order valence-corrected chi connectivity index (χ4v) is 3.56. The molecule has 0 aliphatic carbocycles. The molecule has 0 radical (unpaired) electrons. The average molecular weight is 376 g/mol. The van der Waals surface area contributed by atoms with E-state index in [1.165, 1.54) is 6.20 Å². The van der Waals surface area contributed by atoms with Gasteiger partial charge < -0.3 is 9.84 Å². The molecular weight excluding hydrogens is 356 g/mol. The van der Waals surface area contributed by atoms with E-state index in [0.29, 0.717) is 11.4 Å². The molecule has 1 atom stereocenters. The van der Waals surface area contributed by atoms with E-state index < -0.39 is 0 Å². The Morgan fingerprint density at radius 3 is 2.93 bits per heavy atom. The largest absolute Gasteiger partial charge is 0.361 e. The molecule has 28 heavy (non-hydrogen) atoms. The summed E-state index contributed by atoms with van der Waals surface area (Å²) >= 11 is 0. The van der Waals surface area contributed by atoms with Crippen molar-refractivity contribution in [2.45, 2.75) is 25.8 Å². The number of anilines is 1. The summed E-state index contributed by atoms with van der Waals surface area (Å²) in [5.41, 5.74) is 1.95. The first-order chi connectivity index (χ1) is 13.7. The van der Waals surface area contributed by atoms with Crippen LogP contribution in [0.2, 0.25) is 0 Å². The number of nitrogens with zero attached hydrogens (tertiary/aromatic N) is 5. The Kier molecular flexibility index (Phi) is 4.91. The molecule has 1 aliphatic heterocycles. The molecular formula is C20H20N6O2. The van der Waals surface area contributed by atoms with Crippen molar-refractivity contribution in [3.63, 3.8) is 0 Å². The van der Waals surface area contributed by atoms with Gasteiger partial charge in [0.15, 0.2) is 5.82 Å². The number of aromatic nitrogens is 3. The molecule has 1 aliphatic rings. The lowest BCUT2D eigenvalue weighted by molar-refractivity contribution is -0.117. The highest BCUT2D eigenvalue weighted by atomic mass is 16.5. The summed E-state index contributed by atoms with van der Waals surface area (Å²) in [7, 11) is 0. The standard InChI is InChI=1S/C20H20N6O2/c1-14-10-17(24-28-14)18-8-5-9-25(18)13-19(27)23-20-15(11-21)12-22-26(20)16-6-3-2-4-7-16/h2-4,6-7,10,12,18H,5,8-9,13H2,1H3,(H,23,27)/t18-/m0/s1. The van der Waals surface area contributed by atoms with Crippen LogP contribution in [-0.2, 0) is 4.79 Å². The Bertz CT molecular complexity index is 1020. The van der Waals surface area contributed by atoms with Gasteiger partial charge in [-0.3, -0.25) is 9.69 Å². The summed E-state index contributed by atoms with van der Waals surface area (Å²) in [4.78, 5) is 14.8. The van der Waals surface area contributed by atoms with Crippen molar-refractivity contribution in [3.8, 4) is 11.8 Å². The third-order valence-corrected chi connectivity index (χ3v) is 4.85. The van der Waals surface area contributed by atoms with Gasteiger partial charge in [-0.1, -0.05) is 23.4 Å². The van der Waals surface area contributed by atoms with Crippen LogP contribution in [0.5, 0.6) is 0 Å². The molecule has 1 amide bonds. The van der Waals surface area contributed by atoms with E-state index in [4.69, 9.17) is 4.52 Å². The topological polar surface area (TPSA) is 100.0 Å². The summed E-state index contributed by atoms with van der Waals surface area (Å²) in [6, 6.07) is 13.5. The van der Waals surface area contributed by atoms with Crippen LogP contribution in [0.25, 0.3) is 5.69 Å². The summed E-state index contributed by atoms with van der Waals surface area (Å²) in [5.74, 6) is 0.949. The normalized spacial score (nSPS) is 16.8. The maximum Gasteiger partial charge on any atom is 0.239 e. The SMILES string of the molecule is Cc1cc([C@@H]2CCCN2CC(=O)Nc2c(C#N)cnn2-c2ccccc2)no1. The molecule has 1 fully saturated rings. The Hall–Kier alpha value is -3.44. The fraction of sp³-hybridized carbons (Fsp3) is 0.300. The van der Waals surface area contributed by atoms with Crippen LogP contribution in [0, 0.1) is 18.3 Å². The second-order valence-corrected chi connectivity index (χ2v) is 6.81. The molecule has 142 valence electrons. The fourth-order valence-electron chi connectivity index (χ4n) is 3.56. The molecule has 3 heterocycles. The summed E-state index contributed by atoms with van der Waals surface area (Å²) in [6.45, 7) is 2.88. The maximum atomic E-state index is 12.8. The molecule has 0 spiro atoms. The van der Waals surface area contributed by atoms with Crippen molar-refractivity contribution >= 4 is 11.7 Å². The quantitative estimate of drug-likeness (QED) is 0.735. The van der Waals surface area contributed by atoms with E-state index in [2.05, 4.69) is 26.5 Å². The van der Waals surface area contributed by atoms with Gasteiger partial charge in [0.05, 0.1) is 24.5 Å². The van der Waals surface area contributed by atoms with Crippen molar-refractivity contribution in [2.75, 3.05) is 18.4 Å². The second-order valence-electron chi connectivity index (χ2n) is 6.81. The van der Waals surface area contributed by atoms with Crippen LogP contribution < -0.4 is 5.32 Å². The minimum atomic E-state index is -0.193. The predicted octanol–water partition coefficient (Wildman–Crippen LogP) is 2.82. The van der Waals surface area contributed by atoms with Gasteiger partial charge >= 0.3 is 0 Å². The number of hydrogen-bond acceptors (Lipinski definition) is 6. The smallest absolute Gasteiger partial charge is 0.239 e. The summed E-state index contributed by atoms with van der Waals surface area (Å²) in [6.07, 6.45) is 3.39. The zero-order chi connectivity index (χ0) is 19.5. The number of likely N-dealkylation sites (tertiary alicyclic amines) is 1. The van der Waals surface area contributed by atoms with E-state index in [9.17, 15) is 10.1 Å². The van der Waals surface area contributed by atoms with Gasteiger partial charge in [-0.15, -0.1) is 0 Å². The number of rotatable bonds is 5. The number of para-hydroxylation sites is 1. The third-order valence-electron chi connectivity index (χ3n) is 4.85. The lowest BCUT2D eigenvalue weighted by atomic mass is 10.1. The number of carbonyl (C=O) groups is 1. The number of aryl methyl sites for hydroxylation is 1. The molecule has 1 N–H and O–H groups in total. The highest BCUT2D eigenvalue weighted by Crippen LogP contribution is 2.31. The lowest BCUT2D eigenvalue weighted by Gasteiger charge is -2.22. The number of hydrogen-bond donors (Lipinski definition) is 1. The number of nitrogens with one attached hydrogen (secondary N) is 1. The highest BCUT2D eigenvalue weighted by molar-refractivity contribution is 5.93. The van der Waals surface area contributed by atoms with Gasteiger partial charge in [-0.05, 0) is 38.4 Å². The van der Waals surface area contributed by atoms with Crippen LogP contribution in [0.1, 0.15) is 35.9 Å². The van der Waals surface area contributed by atoms with Crippen LogP contribution in [0.4, 0.5) is 5.82 Å². The summed E-state index contributed by atoms with van der Waals surface area (Å²) < 4.78 is 6.75. The Labute approximate surface area is 162 Å². The van der Waals surface area contributed by atoms with Gasteiger partial charge in [-0.2, -0.15) is 10.4 Å². The molecule has 3 aromatic rings. The Balaban J connectivity index is 1.51. The molecule has 4 rings (SSSR count). The van der Waals surface area contributed by atoms with Gasteiger partial charge in [0.2, 0.25) is 5.91 Å². The minimum Gasteiger partial charge on any atom is -0.361 e. The van der Waals surface area contributed by atoms with E-state index in [0.717, 1.165) is 36.5 Å². The van der Waals surface area contributed by atoms with Crippen molar-refractivity contribution in [1.82, 2.24) is 19.8 Å². The molecule has 2 aromatic heterocycles. The van der Waals surface area contributed by atoms with E-state index >= 15 is 0 Å². The van der Waals surface area contributed by atoms with Crippen molar-refractivity contribution in [2.24, 2.45) is 0 Å². The van der Waals surface area contributed by atoms with Gasteiger partial charge in [0.25, 0.3) is 0 Å². The van der Waals surface area contributed by atoms with E-state index in [1.807, 2.05) is 43.3 Å². The Morgan fingerprint density at radius 1 is 1.39 bits per heavy atom. The zero-order valence-corrected chi connectivity index (χ0v) is 15.5. The van der Waals surface area contributed by atoms with Crippen LogP contribution in [0.15, 0.2) is 47.1 Å². The minimum absolute atomic E-state index is 0.0673. The van der Waals surface area contributed by atoms with Crippen molar-refractivity contribution in [3.05, 3.63) is 59.6 Å². The monoisotopic (exact) mass is 376 g/mol. The number of amides is 1. The van der Waals surface area contributed by atoms with Gasteiger partial charge in [-0.25, -0.2) is 4.68 Å². The molecule has 0 bridgehead atoms. The zero-order valence-electron chi connectivity index (χ0n) is 15.5. The molecule has 1 aromatic carbocycles. The first-order valence-corrected chi connectivity index (χ1v) is 9.16. The average Bonchev–Trinajstić information content (AvgIpc) is 3.42.